The van der Waals surface area contributed by atoms with Crippen molar-refractivity contribution in [1.29, 1.82) is 0 Å². The topological polar surface area (TPSA) is 22.1 Å². The van der Waals surface area contributed by atoms with E-state index in [2.05, 4.69) is 35.9 Å². The highest BCUT2D eigenvalue weighted by Crippen LogP contribution is 2.39. The minimum absolute atomic E-state index is 0.277. The summed E-state index contributed by atoms with van der Waals surface area (Å²) in [5.41, 5.74) is 0.277. The molecule has 0 radical (unpaired) electrons. The summed E-state index contributed by atoms with van der Waals surface area (Å²) in [5.74, 6) is 0. The van der Waals surface area contributed by atoms with Gasteiger partial charge in [0.05, 0.1) is 0 Å². The molecule has 0 aromatic carbocycles. The van der Waals surface area contributed by atoms with Crippen LogP contribution < -0.4 is 0 Å². The van der Waals surface area contributed by atoms with Crippen molar-refractivity contribution >= 4 is 26.8 Å². The van der Waals surface area contributed by atoms with Gasteiger partial charge < -0.3 is 0 Å². The molecule has 2 aliphatic heterocycles. The number of hydrogen-bond donors (Lipinski definition) is 0. The van der Waals surface area contributed by atoms with Gasteiger partial charge in [0.25, 0.3) is 0 Å². The molecule has 1 atom stereocenters. The fourth-order valence-electron chi connectivity index (χ4n) is 2.52. The molecule has 0 aromatic rings. The number of amidine groups is 1. The van der Waals surface area contributed by atoms with Gasteiger partial charge in [0.1, 0.15) is 0 Å². The molecule has 6 heteroatoms. The molecule has 0 spiro atoms. The predicted molar refractivity (Wildman–Crippen MR) is 91.7 cm³/mol. The van der Waals surface area contributed by atoms with E-state index in [0.717, 1.165) is 6.54 Å². The van der Waals surface area contributed by atoms with Crippen LogP contribution in [0.3, 0.4) is 0 Å². The minimum atomic E-state index is 0.277. The van der Waals surface area contributed by atoms with Crippen LogP contribution in [0.2, 0.25) is 0 Å². The number of rotatable bonds is 6. The summed E-state index contributed by atoms with van der Waals surface area (Å²) in [6.07, 6.45) is 7.96. The largest absolute Gasteiger partial charge is 0.284 e. The summed E-state index contributed by atoms with van der Waals surface area (Å²) < 4.78 is 0. The Bertz CT molecular complexity index is 322. The van der Waals surface area contributed by atoms with Gasteiger partial charge in [0, 0.05) is 19.6 Å². The van der Waals surface area contributed by atoms with Crippen molar-refractivity contribution in [3.8, 4) is 0 Å². The molecule has 2 heterocycles. The van der Waals surface area contributed by atoms with Crippen LogP contribution in [0, 0.1) is 0 Å². The van der Waals surface area contributed by atoms with E-state index < -0.39 is 0 Å². The number of unbranched alkanes of at least 4 members (excludes halogenated alkanes) is 3. The molecule has 0 bridgehead atoms. The van der Waals surface area contributed by atoms with Gasteiger partial charge in [-0.05, 0) is 54.9 Å². The smallest absolute Gasteiger partial charge is 0.187 e. The first-order chi connectivity index (χ1) is 9.72. The van der Waals surface area contributed by atoms with Gasteiger partial charge >= 0.3 is 0 Å². The van der Waals surface area contributed by atoms with Crippen LogP contribution >= 0.6 is 21.6 Å². The van der Waals surface area contributed by atoms with E-state index in [1.54, 1.807) is 0 Å². The SMILES string of the molecule is CCCCCCN1CCCCN1C1=NC(N(C)C)SS1. The fraction of sp³-hybridized carbons (Fsp3) is 0.929. The van der Waals surface area contributed by atoms with Gasteiger partial charge in [0.15, 0.2) is 10.7 Å². The van der Waals surface area contributed by atoms with Gasteiger partial charge in [-0.15, -0.1) is 0 Å². The molecule has 0 aromatic heterocycles. The van der Waals surface area contributed by atoms with E-state index in [4.69, 9.17) is 4.99 Å². The summed E-state index contributed by atoms with van der Waals surface area (Å²) >= 11 is 0. The zero-order chi connectivity index (χ0) is 14.4. The standard InChI is InChI=1S/C14H28N4S2/c1-4-5-6-7-10-17-11-8-9-12-18(17)14-15-13(16(2)3)19-20-14/h13H,4-12H2,1-3H3. The number of hydrazine groups is 1. The van der Waals surface area contributed by atoms with Gasteiger partial charge in [-0.1, -0.05) is 26.2 Å². The maximum Gasteiger partial charge on any atom is 0.187 e. The van der Waals surface area contributed by atoms with Crippen molar-refractivity contribution in [1.82, 2.24) is 14.9 Å². The number of aliphatic imine (C=N–C) groups is 1. The molecule has 2 rings (SSSR count). The third-order valence-corrected chi connectivity index (χ3v) is 6.25. The Balaban J connectivity index is 1.88. The molecule has 116 valence electrons. The second kappa shape index (κ2) is 8.51. The van der Waals surface area contributed by atoms with Crippen molar-refractivity contribution in [3.05, 3.63) is 0 Å². The lowest BCUT2D eigenvalue weighted by Gasteiger charge is -2.39. The third-order valence-electron chi connectivity index (χ3n) is 3.74. The molecule has 4 nitrogen and oxygen atoms in total. The highest BCUT2D eigenvalue weighted by Gasteiger charge is 2.29. The molecule has 0 amide bonds. The first-order valence-electron chi connectivity index (χ1n) is 7.82. The zero-order valence-electron chi connectivity index (χ0n) is 13.0. The van der Waals surface area contributed by atoms with Crippen molar-refractivity contribution < 1.29 is 0 Å². The van der Waals surface area contributed by atoms with E-state index in [1.807, 2.05) is 21.6 Å². The number of nitrogens with zero attached hydrogens (tertiary/aromatic N) is 4. The normalized spacial score (nSPS) is 24.5. The van der Waals surface area contributed by atoms with Gasteiger partial charge in [-0.2, -0.15) is 0 Å². The van der Waals surface area contributed by atoms with Crippen LogP contribution in [0.1, 0.15) is 45.4 Å². The fourth-order valence-corrected chi connectivity index (χ4v) is 5.06. The summed E-state index contributed by atoms with van der Waals surface area (Å²) in [5, 5.41) is 6.18. The molecule has 0 N–H and O–H groups in total. The van der Waals surface area contributed by atoms with E-state index >= 15 is 0 Å². The molecule has 20 heavy (non-hydrogen) atoms. The van der Waals surface area contributed by atoms with E-state index in [1.165, 1.54) is 56.8 Å². The van der Waals surface area contributed by atoms with Gasteiger partial charge in [0.2, 0.25) is 0 Å². The Morgan fingerprint density at radius 3 is 2.70 bits per heavy atom. The highest BCUT2D eigenvalue weighted by molar-refractivity contribution is 8.82. The molecule has 2 aliphatic rings. The van der Waals surface area contributed by atoms with Crippen molar-refractivity contribution in [2.45, 2.75) is 50.9 Å². The van der Waals surface area contributed by atoms with Crippen molar-refractivity contribution in [3.63, 3.8) is 0 Å². The minimum Gasteiger partial charge on any atom is -0.284 e. The molecule has 1 unspecified atom stereocenters. The van der Waals surface area contributed by atoms with E-state index in [9.17, 15) is 0 Å². The van der Waals surface area contributed by atoms with Crippen molar-refractivity contribution in [2.24, 2.45) is 4.99 Å². The zero-order valence-corrected chi connectivity index (χ0v) is 14.7. The molecule has 0 aliphatic carbocycles. The quantitative estimate of drug-likeness (QED) is 0.551. The van der Waals surface area contributed by atoms with Crippen LogP contribution in [-0.4, -0.2) is 59.3 Å². The Hall–Kier alpha value is 0.0900. The van der Waals surface area contributed by atoms with E-state index in [0.29, 0.717) is 0 Å². The first kappa shape index (κ1) is 16.5. The summed E-state index contributed by atoms with van der Waals surface area (Å²) in [6, 6.07) is 0. The van der Waals surface area contributed by atoms with Gasteiger partial charge in [-0.25, -0.2) is 10.0 Å². The highest BCUT2D eigenvalue weighted by atomic mass is 33.1. The lowest BCUT2D eigenvalue weighted by Crippen LogP contribution is -2.49. The van der Waals surface area contributed by atoms with Gasteiger partial charge in [-0.3, -0.25) is 9.91 Å². The van der Waals surface area contributed by atoms with Crippen LogP contribution in [0.15, 0.2) is 4.99 Å². The van der Waals surface area contributed by atoms with E-state index in [-0.39, 0.29) is 5.50 Å². The average Bonchev–Trinajstić information content (AvgIpc) is 2.94. The molecule has 0 saturated carbocycles. The lowest BCUT2D eigenvalue weighted by atomic mass is 10.2. The third kappa shape index (κ3) is 4.55. The maximum absolute atomic E-state index is 4.86. The predicted octanol–water partition coefficient (Wildman–Crippen LogP) is 3.48. The summed E-state index contributed by atoms with van der Waals surface area (Å²) in [7, 11) is 7.90. The first-order valence-corrected chi connectivity index (χ1v) is 10.0. The average molecular weight is 317 g/mol. The molecular formula is C14H28N4S2. The van der Waals surface area contributed by atoms with Crippen molar-refractivity contribution in [2.75, 3.05) is 33.7 Å². The van der Waals surface area contributed by atoms with Crippen LogP contribution in [0.5, 0.6) is 0 Å². The monoisotopic (exact) mass is 316 g/mol. The van der Waals surface area contributed by atoms with Crippen LogP contribution in [0.4, 0.5) is 0 Å². The second-order valence-electron chi connectivity index (χ2n) is 5.73. The lowest BCUT2D eigenvalue weighted by molar-refractivity contribution is 0.0168. The Morgan fingerprint density at radius 2 is 2.00 bits per heavy atom. The maximum atomic E-state index is 4.86. The second-order valence-corrected chi connectivity index (χ2v) is 7.95. The Labute approximate surface area is 131 Å². The van der Waals surface area contributed by atoms with Crippen LogP contribution in [-0.2, 0) is 0 Å². The summed E-state index contributed by atoms with van der Waals surface area (Å²) in [4.78, 5) is 7.04. The summed E-state index contributed by atoms with van der Waals surface area (Å²) in [6.45, 7) is 5.80. The Kier molecular flexibility index (Phi) is 7.01. The molecule has 1 saturated heterocycles. The molecular weight excluding hydrogens is 288 g/mol. The molecule has 1 fully saturated rings. The van der Waals surface area contributed by atoms with Crippen LogP contribution in [0.25, 0.3) is 0 Å². The number of hydrogen-bond acceptors (Lipinski definition) is 6. The Morgan fingerprint density at radius 1 is 1.20 bits per heavy atom.